The van der Waals surface area contributed by atoms with Crippen molar-refractivity contribution in [2.45, 2.75) is 25.7 Å². The molecular weight excluding hydrogens is 344 g/mol. The van der Waals surface area contributed by atoms with Crippen molar-refractivity contribution in [2.75, 3.05) is 31.6 Å². The summed E-state index contributed by atoms with van der Waals surface area (Å²) in [5.74, 6) is -0.374. The number of carboxylic acids is 1. The van der Waals surface area contributed by atoms with Gasteiger partial charge in [0.05, 0.1) is 17.8 Å². The van der Waals surface area contributed by atoms with Crippen LogP contribution in [0.3, 0.4) is 0 Å². The standard InChI is InChI=1S/C20H26N4O3/c1-23(11-8-15-6-9-21-10-7-15)20(27)24-17(12-19(25)26)14-22-13-16-4-2-3-5-18(16)24/h2-5,13-15,21H,6-12H2,1H3,(H,25,26). The van der Waals surface area contributed by atoms with Gasteiger partial charge in [-0.1, -0.05) is 18.2 Å². The fraction of sp³-hybridized carbons (Fsp3) is 0.450. The lowest BCUT2D eigenvalue weighted by atomic mass is 9.94. The highest BCUT2D eigenvalue weighted by atomic mass is 16.4. The Kier molecular flexibility index (Phi) is 6.24. The van der Waals surface area contributed by atoms with Crippen LogP contribution >= 0.6 is 0 Å². The summed E-state index contributed by atoms with van der Waals surface area (Å²) in [4.78, 5) is 31.9. The topological polar surface area (TPSA) is 85.2 Å². The number of para-hydroxylation sites is 1. The first-order chi connectivity index (χ1) is 13.1. The Labute approximate surface area is 159 Å². The number of aliphatic imine (C=N–C) groups is 1. The van der Waals surface area contributed by atoms with Gasteiger partial charge in [-0.3, -0.25) is 14.7 Å². The van der Waals surface area contributed by atoms with Gasteiger partial charge in [-0.05, 0) is 44.3 Å². The summed E-state index contributed by atoms with van der Waals surface area (Å²) in [5.41, 5.74) is 1.81. The summed E-state index contributed by atoms with van der Waals surface area (Å²) >= 11 is 0. The molecule has 7 nitrogen and oxygen atoms in total. The number of piperidine rings is 1. The molecule has 2 amide bonds. The van der Waals surface area contributed by atoms with Gasteiger partial charge < -0.3 is 15.3 Å². The first-order valence-electron chi connectivity index (χ1n) is 9.35. The molecule has 2 N–H and O–H groups in total. The summed E-state index contributed by atoms with van der Waals surface area (Å²) in [6.07, 6.45) is 6.07. The maximum Gasteiger partial charge on any atom is 0.328 e. The Morgan fingerprint density at radius 3 is 2.78 bits per heavy atom. The van der Waals surface area contributed by atoms with Crippen molar-refractivity contribution < 1.29 is 14.7 Å². The number of nitrogens with zero attached hydrogens (tertiary/aromatic N) is 3. The van der Waals surface area contributed by atoms with Crippen LogP contribution in [0.15, 0.2) is 41.2 Å². The Morgan fingerprint density at radius 1 is 1.30 bits per heavy atom. The second-order valence-corrected chi connectivity index (χ2v) is 7.05. The number of carbonyl (C=O) groups excluding carboxylic acids is 1. The largest absolute Gasteiger partial charge is 0.481 e. The first-order valence-corrected chi connectivity index (χ1v) is 9.35. The average Bonchev–Trinajstić information content (AvgIpc) is 2.85. The van der Waals surface area contributed by atoms with Crippen molar-refractivity contribution in [1.82, 2.24) is 10.2 Å². The quantitative estimate of drug-likeness (QED) is 0.834. The van der Waals surface area contributed by atoms with Crippen LogP contribution in [0.4, 0.5) is 10.5 Å². The number of benzene rings is 1. The summed E-state index contributed by atoms with van der Waals surface area (Å²) in [5, 5.41) is 12.6. The molecule has 7 heteroatoms. The van der Waals surface area contributed by atoms with E-state index in [1.165, 1.54) is 11.1 Å². The van der Waals surface area contributed by atoms with E-state index in [1.54, 1.807) is 18.2 Å². The summed E-state index contributed by atoms with van der Waals surface area (Å²) in [6, 6.07) is 7.17. The average molecular weight is 370 g/mol. The van der Waals surface area contributed by atoms with Gasteiger partial charge in [0.15, 0.2) is 0 Å². The molecule has 0 radical (unpaired) electrons. The zero-order chi connectivity index (χ0) is 19.2. The Hall–Kier alpha value is -2.67. The highest BCUT2D eigenvalue weighted by Gasteiger charge is 2.28. The monoisotopic (exact) mass is 370 g/mol. The molecule has 0 unspecified atom stereocenters. The number of urea groups is 1. The third-order valence-corrected chi connectivity index (χ3v) is 5.08. The molecule has 27 heavy (non-hydrogen) atoms. The molecule has 2 heterocycles. The Bertz CT molecular complexity index is 753. The van der Waals surface area contributed by atoms with E-state index in [-0.39, 0.29) is 12.5 Å². The van der Waals surface area contributed by atoms with Crippen LogP contribution in [0.2, 0.25) is 0 Å². The van der Waals surface area contributed by atoms with Gasteiger partial charge >= 0.3 is 12.0 Å². The molecule has 144 valence electrons. The number of carboxylic acid groups (broad SMARTS) is 1. The van der Waals surface area contributed by atoms with E-state index in [4.69, 9.17) is 0 Å². The van der Waals surface area contributed by atoms with E-state index in [0.29, 0.717) is 23.8 Å². The number of carbonyl (C=O) groups is 2. The zero-order valence-corrected chi connectivity index (χ0v) is 15.6. The van der Waals surface area contributed by atoms with Crippen molar-refractivity contribution >= 4 is 23.9 Å². The van der Waals surface area contributed by atoms with E-state index in [1.807, 2.05) is 24.3 Å². The molecule has 1 aromatic rings. The highest BCUT2D eigenvalue weighted by Crippen LogP contribution is 2.28. The van der Waals surface area contributed by atoms with Crippen LogP contribution < -0.4 is 10.2 Å². The molecule has 2 aliphatic heterocycles. The molecule has 0 aromatic heterocycles. The van der Waals surface area contributed by atoms with Crippen molar-refractivity contribution in [1.29, 1.82) is 0 Å². The zero-order valence-electron chi connectivity index (χ0n) is 15.6. The Morgan fingerprint density at radius 2 is 2.04 bits per heavy atom. The molecule has 1 aromatic carbocycles. The summed E-state index contributed by atoms with van der Waals surface area (Å²) in [6.45, 7) is 2.71. The van der Waals surface area contributed by atoms with E-state index in [9.17, 15) is 14.7 Å². The van der Waals surface area contributed by atoms with Gasteiger partial charge in [0.1, 0.15) is 0 Å². The number of aliphatic carboxylic acids is 1. The second-order valence-electron chi connectivity index (χ2n) is 7.05. The lowest BCUT2D eigenvalue weighted by Crippen LogP contribution is -2.42. The number of anilines is 1. The number of fused-ring (bicyclic) bond motifs is 1. The SMILES string of the molecule is CN(CCC1CCNCC1)C(=O)N1C(CC(=O)O)=CN=Cc2ccccc21. The van der Waals surface area contributed by atoms with Gasteiger partial charge in [-0.15, -0.1) is 0 Å². The van der Waals surface area contributed by atoms with Crippen molar-refractivity contribution in [3.05, 3.63) is 41.7 Å². The molecule has 1 fully saturated rings. The number of hydrogen-bond donors (Lipinski definition) is 2. The minimum Gasteiger partial charge on any atom is -0.481 e. The van der Waals surface area contributed by atoms with Gasteiger partial charge in [0.2, 0.25) is 0 Å². The first kappa shape index (κ1) is 19.1. The third kappa shape index (κ3) is 4.74. The van der Waals surface area contributed by atoms with Crippen LogP contribution in [-0.4, -0.2) is 54.9 Å². The van der Waals surface area contributed by atoms with E-state index in [0.717, 1.165) is 37.9 Å². The molecule has 1 saturated heterocycles. The highest BCUT2D eigenvalue weighted by molar-refractivity contribution is 6.02. The van der Waals surface area contributed by atoms with Crippen molar-refractivity contribution in [2.24, 2.45) is 10.9 Å². The van der Waals surface area contributed by atoms with E-state index >= 15 is 0 Å². The lowest BCUT2D eigenvalue weighted by Gasteiger charge is -2.31. The van der Waals surface area contributed by atoms with Gasteiger partial charge in [-0.25, -0.2) is 4.79 Å². The van der Waals surface area contributed by atoms with E-state index in [2.05, 4.69) is 10.3 Å². The molecular formula is C20H26N4O3. The fourth-order valence-electron chi connectivity index (χ4n) is 3.53. The van der Waals surface area contributed by atoms with Crippen LogP contribution in [-0.2, 0) is 4.79 Å². The molecule has 0 bridgehead atoms. The predicted molar refractivity (Wildman–Crippen MR) is 105 cm³/mol. The molecule has 0 saturated carbocycles. The molecule has 3 rings (SSSR count). The number of rotatable bonds is 5. The molecule has 0 spiro atoms. The minimum absolute atomic E-state index is 0.227. The maximum atomic E-state index is 13.2. The second kappa shape index (κ2) is 8.81. The fourth-order valence-corrected chi connectivity index (χ4v) is 3.53. The minimum atomic E-state index is -0.994. The summed E-state index contributed by atoms with van der Waals surface area (Å²) < 4.78 is 0. The normalized spacial score (nSPS) is 17.1. The van der Waals surface area contributed by atoms with Crippen molar-refractivity contribution in [3.8, 4) is 0 Å². The van der Waals surface area contributed by atoms with E-state index < -0.39 is 5.97 Å². The maximum absolute atomic E-state index is 13.2. The predicted octanol–water partition coefficient (Wildman–Crippen LogP) is 2.68. The molecule has 0 aliphatic carbocycles. The smallest absolute Gasteiger partial charge is 0.328 e. The van der Waals surface area contributed by atoms with Gasteiger partial charge in [0.25, 0.3) is 0 Å². The van der Waals surface area contributed by atoms with Gasteiger partial charge in [-0.2, -0.15) is 0 Å². The van der Waals surface area contributed by atoms with Crippen LogP contribution in [0.25, 0.3) is 0 Å². The van der Waals surface area contributed by atoms with Crippen LogP contribution in [0.5, 0.6) is 0 Å². The van der Waals surface area contributed by atoms with Gasteiger partial charge in [0, 0.05) is 31.6 Å². The molecule has 0 atom stereocenters. The van der Waals surface area contributed by atoms with Crippen LogP contribution in [0, 0.1) is 5.92 Å². The Balaban J connectivity index is 1.79. The number of amides is 2. The third-order valence-electron chi connectivity index (χ3n) is 5.08. The van der Waals surface area contributed by atoms with Crippen molar-refractivity contribution in [3.63, 3.8) is 0 Å². The summed E-state index contributed by atoms with van der Waals surface area (Å²) in [7, 11) is 1.77. The number of nitrogens with one attached hydrogen (secondary N) is 1. The molecule has 2 aliphatic rings. The lowest BCUT2D eigenvalue weighted by molar-refractivity contribution is -0.136. The number of hydrogen-bond acceptors (Lipinski definition) is 4. The van der Waals surface area contributed by atoms with Crippen LogP contribution in [0.1, 0.15) is 31.2 Å².